The Balaban J connectivity index is 1.51. The summed E-state index contributed by atoms with van der Waals surface area (Å²) in [6, 6.07) is 14.9. The van der Waals surface area contributed by atoms with Gasteiger partial charge in [0.25, 0.3) is 15.9 Å². The SMILES string of the molecule is O=C(Nc1cccc(S(=O)(=O)Nc2ccccc2Cl)c1)C1CCCCN1C(=O)c1ccco1. The number of rotatable bonds is 6. The number of amides is 2. The van der Waals surface area contributed by atoms with Gasteiger partial charge in [0.05, 0.1) is 21.9 Å². The zero-order valence-electron chi connectivity index (χ0n) is 17.5. The van der Waals surface area contributed by atoms with Crippen LogP contribution < -0.4 is 10.0 Å². The number of carbonyl (C=O) groups excluding carboxylic acids is 2. The van der Waals surface area contributed by atoms with Crippen molar-refractivity contribution in [2.45, 2.75) is 30.2 Å². The van der Waals surface area contributed by atoms with Crippen LogP contribution in [0.25, 0.3) is 0 Å². The molecular weight excluding hydrogens is 466 g/mol. The van der Waals surface area contributed by atoms with E-state index in [2.05, 4.69) is 10.0 Å². The van der Waals surface area contributed by atoms with Crippen molar-refractivity contribution in [3.8, 4) is 0 Å². The fraction of sp³-hybridized carbons (Fsp3) is 0.217. The minimum absolute atomic E-state index is 0.0348. The van der Waals surface area contributed by atoms with Crippen LogP contribution in [-0.4, -0.2) is 37.7 Å². The Morgan fingerprint density at radius 1 is 1.03 bits per heavy atom. The number of nitrogens with zero attached hydrogens (tertiary/aromatic N) is 1. The van der Waals surface area contributed by atoms with Crippen molar-refractivity contribution in [2.75, 3.05) is 16.6 Å². The van der Waals surface area contributed by atoms with E-state index in [4.69, 9.17) is 16.0 Å². The molecule has 1 aliphatic heterocycles. The third-order valence-electron chi connectivity index (χ3n) is 5.33. The van der Waals surface area contributed by atoms with Gasteiger partial charge in [0, 0.05) is 12.2 Å². The van der Waals surface area contributed by atoms with Crippen molar-refractivity contribution in [1.82, 2.24) is 4.90 Å². The van der Waals surface area contributed by atoms with E-state index in [9.17, 15) is 18.0 Å². The molecule has 1 saturated heterocycles. The second-order valence-electron chi connectivity index (χ2n) is 7.59. The summed E-state index contributed by atoms with van der Waals surface area (Å²) >= 11 is 6.06. The molecule has 0 aliphatic carbocycles. The van der Waals surface area contributed by atoms with Crippen LogP contribution in [-0.2, 0) is 14.8 Å². The fourth-order valence-electron chi connectivity index (χ4n) is 3.70. The highest BCUT2D eigenvalue weighted by atomic mass is 35.5. The van der Waals surface area contributed by atoms with Gasteiger partial charge in [0.1, 0.15) is 6.04 Å². The average molecular weight is 488 g/mol. The van der Waals surface area contributed by atoms with Gasteiger partial charge in [-0.25, -0.2) is 8.42 Å². The van der Waals surface area contributed by atoms with Gasteiger partial charge in [-0.2, -0.15) is 0 Å². The molecule has 1 aliphatic rings. The van der Waals surface area contributed by atoms with E-state index >= 15 is 0 Å². The average Bonchev–Trinajstić information content (AvgIpc) is 3.35. The summed E-state index contributed by atoms with van der Waals surface area (Å²) in [7, 11) is -3.94. The Morgan fingerprint density at radius 2 is 1.85 bits per heavy atom. The molecule has 0 bridgehead atoms. The number of carbonyl (C=O) groups is 2. The van der Waals surface area contributed by atoms with E-state index in [1.165, 1.54) is 29.4 Å². The number of likely N-dealkylation sites (tertiary alicyclic amines) is 1. The minimum Gasteiger partial charge on any atom is -0.459 e. The number of para-hydroxylation sites is 1. The molecule has 2 amide bonds. The normalized spacial score (nSPS) is 16.3. The summed E-state index contributed by atoms with van der Waals surface area (Å²) in [6.45, 7) is 0.438. The van der Waals surface area contributed by atoms with Crippen LogP contribution in [0.5, 0.6) is 0 Å². The van der Waals surface area contributed by atoms with Gasteiger partial charge < -0.3 is 14.6 Å². The highest BCUT2D eigenvalue weighted by Crippen LogP contribution is 2.26. The molecule has 1 aromatic heterocycles. The first kappa shape index (κ1) is 22.9. The molecule has 10 heteroatoms. The Labute approximate surface area is 196 Å². The van der Waals surface area contributed by atoms with Gasteiger partial charge in [-0.3, -0.25) is 14.3 Å². The van der Waals surface area contributed by atoms with Crippen LogP contribution in [0.1, 0.15) is 29.8 Å². The molecule has 0 radical (unpaired) electrons. The number of hydrogen-bond acceptors (Lipinski definition) is 5. The van der Waals surface area contributed by atoms with Gasteiger partial charge in [-0.15, -0.1) is 0 Å². The molecule has 2 aromatic carbocycles. The highest BCUT2D eigenvalue weighted by Gasteiger charge is 2.33. The topological polar surface area (TPSA) is 109 Å². The molecule has 1 unspecified atom stereocenters. The number of benzene rings is 2. The Kier molecular flexibility index (Phi) is 6.71. The van der Waals surface area contributed by atoms with Crippen LogP contribution in [0.3, 0.4) is 0 Å². The molecule has 3 aromatic rings. The van der Waals surface area contributed by atoms with E-state index in [1.807, 2.05) is 0 Å². The number of hydrogen-bond donors (Lipinski definition) is 2. The molecular formula is C23H22ClN3O5S. The van der Waals surface area contributed by atoms with Gasteiger partial charge in [-0.1, -0.05) is 29.8 Å². The van der Waals surface area contributed by atoms with Crippen LogP contribution in [0.4, 0.5) is 11.4 Å². The Bertz CT molecular complexity index is 1260. The predicted molar refractivity (Wildman–Crippen MR) is 125 cm³/mol. The molecule has 1 fully saturated rings. The lowest BCUT2D eigenvalue weighted by Crippen LogP contribution is -2.49. The van der Waals surface area contributed by atoms with E-state index in [0.29, 0.717) is 18.7 Å². The third kappa shape index (κ3) is 5.20. The molecule has 1 atom stereocenters. The largest absolute Gasteiger partial charge is 0.459 e. The first-order chi connectivity index (χ1) is 15.8. The van der Waals surface area contributed by atoms with Crippen molar-refractivity contribution in [2.24, 2.45) is 0 Å². The third-order valence-corrected chi connectivity index (χ3v) is 7.02. The zero-order chi connectivity index (χ0) is 23.4. The second kappa shape index (κ2) is 9.68. The quantitative estimate of drug-likeness (QED) is 0.536. The summed E-state index contributed by atoms with van der Waals surface area (Å²) in [5.41, 5.74) is 0.556. The van der Waals surface area contributed by atoms with Crippen LogP contribution in [0, 0.1) is 0 Å². The lowest BCUT2D eigenvalue weighted by molar-refractivity contribution is -0.121. The van der Waals surface area contributed by atoms with Crippen LogP contribution in [0.2, 0.25) is 5.02 Å². The number of nitrogens with one attached hydrogen (secondary N) is 2. The zero-order valence-corrected chi connectivity index (χ0v) is 19.1. The van der Waals surface area contributed by atoms with Gasteiger partial charge in [0.15, 0.2) is 5.76 Å². The van der Waals surface area contributed by atoms with Crippen molar-refractivity contribution in [3.05, 3.63) is 77.7 Å². The number of halogens is 1. The van der Waals surface area contributed by atoms with E-state index in [1.54, 1.807) is 42.5 Å². The molecule has 172 valence electrons. The van der Waals surface area contributed by atoms with Gasteiger partial charge >= 0.3 is 0 Å². The number of anilines is 2. The first-order valence-electron chi connectivity index (χ1n) is 10.4. The maximum atomic E-state index is 13.0. The van der Waals surface area contributed by atoms with E-state index in [0.717, 1.165) is 12.8 Å². The lowest BCUT2D eigenvalue weighted by Gasteiger charge is -2.34. The Hall–Kier alpha value is -3.30. The Morgan fingerprint density at radius 3 is 2.61 bits per heavy atom. The number of sulfonamides is 1. The smallest absolute Gasteiger partial charge is 0.290 e. The molecule has 33 heavy (non-hydrogen) atoms. The first-order valence-corrected chi connectivity index (χ1v) is 12.2. The fourth-order valence-corrected chi connectivity index (χ4v) is 5.07. The van der Waals surface area contributed by atoms with Gasteiger partial charge in [-0.05, 0) is 61.7 Å². The summed E-state index contributed by atoms with van der Waals surface area (Å²) in [6.07, 6.45) is 3.51. The summed E-state index contributed by atoms with van der Waals surface area (Å²) in [5, 5.41) is 3.02. The summed E-state index contributed by atoms with van der Waals surface area (Å²) in [4.78, 5) is 27.3. The minimum atomic E-state index is -3.94. The van der Waals surface area contributed by atoms with Crippen molar-refractivity contribution >= 4 is 44.8 Å². The maximum Gasteiger partial charge on any atom is 0.290 e. The van der Waals surface area contributed by atoms with E-state index < -0.39 is 16.1 Å². The van der Waals surface area contributed by atoms with Crippen molar-refractivity contribution in [3.63, 3.8) is 0 Å². The standard InChI is InChI=1S/C23H22ClN3O5S/c24-18-9-1-2-10-19(18)26-33(30,31)17-8-5-7-16(15-17)25-22(28)20-11-3-4-13-27(20)23(29)21-12-6-14-32-21/h1-2,5-10,12,14-15,20,26H,3-4,11,13H2,(H,25,28). The molecule has 2 heterocycles. The molecule has 4 rings (SSSR count). The van der Waals surface area contributed by atoms with Crippen molar-refractivity contribution in [1.29, 1.82) is 0 Å². The molecule has 0 saturated carbocycles. The van der Waals surface area contributed by atoms with Crippen molar-refractivity contribution < 1.29 is 22.4 Å². The van der Waals surface area contributed by atoms with Gasteiger partial charge in [0.2, 0.25) is 5.91 Å². The second-order valence-corrected chi connectivity index (χ2v) is 9.68. The number of furan rings is 1. The highest BCUT2D eigenvalue weighted by molar-refractivity contribution is 7.92. The monoisotopic (exact) mass is 487 g/mol. The van der Waals surface area contributed by atoms with E-state index in [-0.39, 0.29) is 33.2 Å². The molecule has 0 spiro atoms. The lowest BCUT2D eigenvalue weighted by atomic mass is 10.0. The summed E-state index contributed by atoms with van der Waals surface area (Å²) in [5.74, 6) is -0.559. The molecule has 2 N–H and O–H groups in total. The maximum absolute atomic E-state index is 13.0. The summed E-state index contributed by atoms with van der Waals surface area (Å²) < 4.78 is 33.3. The molecule has 8 nitrogen and oxygen atoms in total. The van der Waals surface area contributed by atoms with Crippen LogP contribution in [0.15, 0.2) is 76.2 Å². The number of piperidine rings is 1. The van der Waals surface area contributed by atoms with Crippen LogP contribution >= 0.6 is 11.6 Å². The predicted octanol–water partition coefficient (Wildman–Crippen LogP) is 4.37.